The van der Waals surface area contributed by atoms with Crippen LogP contribution in [0.25, 0.3) is 0 Å². The Labute approximate surface area is 114 Å². The van der Waals surface area contributed by atoms with E-state index in [2.05, 4.69) is 0 Å². The summed E-state index contributed by atoms with van der Waals surface area (Å²) in [6.45, 7) is 3.10. The number of ether oxygens (including phenoxy) is 1. The second-order valence-electron chi connectivity index (χ2n) is 5.10. The van der Waals surface area contributed by atoms with E-state index in [0.717, 1.165) is 19.3 Å². The molecule has 0 saturated heterocycles. The topological polar surface area (TPSA) is 52.6 Å². The van der Waals surface area contributed by atoms with Gasteiger partial charge in [0, 0.05) is 19.7 Å². The van der Waals surface area contributed by atoms with Crippen molar-refractivity contribution in [2.24, 2.45) is 0 Å². The number of carbonyl (C=O) groups is 1. The Balaban J connectivity index is 3.69. The molecule has 0 rings (SSSR count). The van der Waals surface area contributed by atoms with Crippen molar-refractivity contribution in [3.63, 3.8) is 0 Å². The third kappa shape index (κ3) is 9.01. The first-order valence-electron chi connectivity index (χ1n) is 6.15. The molecular weight excluding hydrogens is 271 g/mol. The van der Waals surface area contributed by atoms with E-state index >= 15 is 0 Å². The zero-order chi connectivity index (χ0) is 14.2. The van der Waals surface area contributed by atoms with E-state index in [0.29, 0.717) is 12.6 Å². The maximum atomic E-state index is 11.9. The highest BCUT2D eigenvalue weighted by Crippen LogP contribution is 2.57. The van der Waals surface area contributed by atoms with Crippen LogP contribution < -0.4 is 0 Å². The van der Waals surface area contributed by atoms with Crippen LogP contribution in [0.15, 0.2) is 0 Å². The summed E-state index contributed by atoms with van der Waals surface area (Å²) in [6, 6.07) is 0. The molecule has 0 amide bonds. The minimum Gasteiger partial charge on any atom is -0.460 e. The number of hydrogen-bond donors (Lipinski definition) is 0. The molecule has 4 nitrogen and oxygen atoms in total. The molecular formula is C12H25O4PS. The lowest BCUT2D eigenvalue weighted by Gasteiger charge is -2.19. The molecule has 0 radical (unpaired) electrons. The molecule has 0 N–H and O–H groups in total. The largest absolute Gasteiger partial charge is 0.460 e. The number of esters is 1. The van der Waals surface area contributed by atoms with E-state index in [-0.39, 0.29) is 5.97 Å². The highest BCUT2D eigenvalue weighted by atomic mass is 32.7. The second kappa shape index (κ2) is 8.23. The van der Waals surface area contributed by atoms with Crippen molar-refractivity contribution < 1.29 is 18.6 Å². The lowest BCUT2D eigenvalue weighted by molar-refractivity contribution is -0.154. The molecule has 6 heteroatoms. The van der Waals surface area contributed by atoms with Crippen molar-refractivity contribution in [1.29, 1.82) is 0 Å². The van der Waals surface area contributed by atoms with Gasteiger partial charge in [0.15, 0.2) is 0 Å². The molecule has 0 spiro atoms. The second-order valence-corrected chi connectivity index (χ2v) is 10.3. The molecule has 0 aliphatic heterocycles. The van der Waals surface area contributed by atoms with Gasteiger partial charge in [-0.2, -0.15) is 0 Å². The standard InChI is InChI=1S/C12H25O4PS/c1-12(2,3)16-11(13)9-7-6-8-10-17(14,15-4)18-5/h6-10H2,1-5H3. The summed E-state index contributed by atoms with van der Waals surface area (Å²) < 4.78 is 22.1. The normalized spacial score (nSPS) is 15.2. The van der Waals surface area contributed by atoms with E-state index in [1.165, 1.54) is 18.5 Å². The van der Waals surface area contributed by atoms with E-state index in [9.17, 15) is 9.36 Å². The van der Waals surface area contributed by atoms with Crippen molar-refractivity contribution in [2.75, 3.05) is 19.5 Å². The Morgan fingerprint density at radius 1 is 1.22 bits per heavy atom. The van der Waals surface area contributed by atoms with E-state index < -0.39 is 12.2 Å². The lowest BCUT2D eigenvalue weighted by atomic mass is 10.2. The Bertz CT molecular complexity index is 291. The van der Waals surface area contributed by atoms with Gasteiger partial charge in [-0.25, -0.2) is 0 Å². The molecule has 0 heterocycles. The number of rotatable bonds is 8. The molecule has 18 heavy (non-hydrogen) atoms. The Morgan fingerprint density at radius 2 is 1.83 bits per heavy atom. The summed E-state index contributed by atoms with van der Waals surface area (Å²) in [4.78, 5) is 11.4. The van der Waals surface area contributed by atoms with Crippen LogP contribution in [0.5, 0.6) is 0 Å². The predicted octanol–water partition coefficient (Wildman–Crippen LogP) is 4.09. The summed E-state index contributed by atoms with van der Waals surface area (Å²) in [5.41, 5.74) is -0.415. The van der Waals surface area contributed by atoms with E-state index in [4.69, 9.17) is 9.26 Å². The SMILES string of the molecule is COP(=O)(CCCCCC(=O)OC(C)(C)C)SC. The maximum Gasteiger partial charge on any atom is 0.306 e. The molecule has 0 aromatic carbocycles. The molecule has 0 aromatic heterocycles. The van der Waals surface area contributed by atoms with Crippen molar-refractivity contribution in [3.8, 4) is 0 Å². The first kappa shape index (κ1) is 18.0. The number of unbranched alkanes of at least 4 members (excludes halogenated alkanes) is 2. The van der Waals surface area contributed by atoms with Crippen LogP contribution in [-0.4, -0.2) is 31.1 Å². The van der Waals surface area contributed by atoms with Crippen molar-refractivity contribution in [1.82, 2.24) is 0 Å². The number of hydrogen-bond acceptors (Lipinski definition) is 5. The predicted molar refractivity (Wildman–Crippen MR) is 77.3 cm³/mol. The smallest absolute Gasteiger partial charge is 0.306 e. The summed E-state index contributed by atoms with van der Waals surface area (Å²) in [5.74, 6) is -0.165. The summed E-state index contributed by atoms with van der Waals surface area (Å²) in [5, 5.41) is 0. The number of carbonyl (C=O) groups excluding carboxylic acids is 1. The molecule has 1 atom stereocenters. The quantitative estimate of drug-likeness (QED) is 0.383. The van der Waals surface area contributed by atoms with Gasteiger partial charge in [0.2, 0.25) is 0 Å². The van der Waals surface area contributed by atoms with Gasteiger partial charge in [-0.1, -0.05) is 17.8 Å². The van der Waals surface area contributed by atoms with Gasteiger partial charge in [0.05, 0.1) is 0 Å². The van der Waals surface area contributed by atoms with Crippen molar-refractivity contribution in [3.05, 3.63) is 0 Å². The molecule has 0 aromatic rings. The Kier molecular flexibility index (Phi) is 8.24. The average Bonchev–Trinajstić information content (AvgIpc) is 2.26. The van der Waals surface area contributed by atoms with Crippen LogP contribution in [0, 0.1) is 0 Å². The fraction of sp³-hybridized carbons (Fsp3) is 0.917. The van der Waals surface area contributed by atoms with Gasteiger partial charge in [-0.05, 0) is 39.9 Å². The molecule has 0 aliphatic carbocycles. The minimum absolute atomic E-state index is 0.165. The fourth-order valence-electron chi connectivity index (χ4n) is 1.40. The van der Waals surface area contributed by atoms with Crippen LogP contribution in [0.1, 0.15) is 46.5 Å². The monoisotopic (exact) mass is 296 g/mol. The third-order valence-corrected chi connectivity index (χ3v) is 6.93. The van der Waals surface area contributed by atoms with Gasteiger partial charge in [0.25, 0.3) is 6.57 Å². The minimum atomic E-state index is -2.48. The fourth-order valence-corrected chi connectivity index (χ4v) is 3.91. The third-order valence-electron chi connectivity index (χ3n) is 2.29. The highest BCUT2D eigenvalue weighted by Gasteiger charge is 2.19. The molecule has 1 unspecified atom stereocenters. The lowest BCUT2D eigenvalue weighted by Crippen LogP contribution is -2.23. The molecule has 0 bridgehead atoms. The van der Waals surface area contributed by atoms with Crippen LogP contribution in [-0.2, 0) is 18.6 Å². The van der Waals surface area contributed by atoms with Crippen LogP contribution >= 0.6 is 18.0 Å². The van der Waals surface area contributed by atoms with Crippen LogP contribution in [0.3, 0.4) is 0 Å². The van der Waals surface area contributed by atoms with Gasteiger partial charge >= 0.3 is 5.97 Å². The van der Waals surface area contributed by atoms with Crippen LogP contribution in [0.4, 0.5) is 0 Å². The van der Waals surface area contributed by atoms with Gasteiger partial charge in [-0.15, -0.1) is 0 Å². The molecule has 0 saturated carbocycles. The molecule has 108 valence electrons. The zero-order valence-electron chi connectivity index (χ0n) is 12.0. The Morgan fingerprint density at radius 3 is 2.28 bits per heavy atom. The van der Waals surface area contributed by atoms with Crippen LogP contribution in [0.2, 0.25) is 0 Å². The van der Waals surface area contributed by atoms with E-state index in [1.807, 2.05) is 20.8 Å². The first-order valence-corrected chi connectivity index (χ1v) is 9.79. The van der Waals surface area contributed by atoms with E-state index in [1.54, 1.807) is 6.26 Å². The molecule has 0 aliphatic rings. The van der Waals surface area contributed by atoms with Gasteiger partial charge in [-0.3, -0.25) is 9.36 Å². The molecule has 0 fully saturated rings. The zero-order valence-corrected chi connectivity index (χ0v) is 13.7. The summed E-state index contributed by atoms with van der Waals surface area (Å²) >= 11 is 1.29. The summed E-state index contributed by atoms with van der Waals surface area (Å²) in [7, 11) is 1.48. The summed E-state index contributed by atoms with van der Waals surface area (Å²) in [6.07, 6.45) is 5.24. The van der Waals surface area contributed by atoms with Crippen molar-refractivity contribution in [2.45, 2.75) is 52.1 Å². The average molecular weight is 296 g/mol. The van der Waals surface area contributed by atoms with Gasteiger partial charge in [0.1, 0.15) is 5.60 Å². The van der Waals surface area contributed by atoms with Crippen molar-refractivity contribution >= 4 is 23.9 Å². The Hall–Kier alpha value is 0.01000. The van der Waals surface area contributed by atoms with Gasteiger partial charge < -0.3 is 9.26 Å². The highest BCUT2D eigenvalue weighted by molar-refractivity contribution is 8.56. The first-order chi connectivity index (χ1) is 8.22. The maximum absolute atomic E-state index is 11.9.